The molecule has 0 atom stereocenters. The van der Waals surface area contributed by atoms with Gasteiger partial charge in [-0.1, -0.05) is 97.4 Å². The zero-order chi connectivity index (χ0) is 38.1. The maximum absolute atomic E-state index is 7.54. The van der Waals surface area contributed by atoms with Gasteiger partial charge in [-0.25, -0.2) is 0 Å². The van der Waals surface area contributed by atoms with Crippen LogP contribution < -0.4 is 5.19 Å². The molecular weight excluding hydrogens is 745 g/mol. The van der Waals surface area contributed by atoms with E-state index >= 15 is 0 Å². The SMILES string of the molecule is C[Si](C)(C)c1cccc2c1oc1c2c[c-]c2c3ncccc3c3ccccc3c21.[2H]C([2H])([2H])c1c[c-]c(-c2cc(C([2H])([2H])[2H])c(C([2H])([2H])[2H])cn2)cc1.[Ir]. The number of hydrogen-bond donors (Lipinski definition) is 0. The fourth-order valence-corrected chi connectivity index (χ4v) is 7.24. The van der Waals surface area contributed by atoms with E-state index in [2.05, 4.69) is 91.4 Å². The van der Waals surface area contributed by atoms with Crippen molar-refractivity contribution in [2.75, 3.05) is 0 Å². The molecule has 0 saturated heterocycles. The molecule has 8 aromatic rings. The normalized spacial score (nSPS) is 15.4. The Hall–Kier alpha value is -4.15. The van der Waals surface area contributed by atoms with Gasteiger partial charge < -0.3 is 14.4 Å². The first-order valence-corrected chi connectivity index (χ1v) is 17.8. The Kier molecular flexibility index (Phi) is 5.74. The fraction of sp³-hybridized carbons (Fsp3) is 0.150. The first-order valence-electron chi connectivity index (χ1n) is 18.8. The molecular formula is C40H34IrN2OSi-2. The van der Waals surface area contributed by atoms with Crippen LogP contribution in [0.2, 0.25) is 19.6 Å². The standard InChI is InChI=1S/C26H20NOSi.C14H14N.Ir/c1-29(2,3)22-12-6-10-19-20-13-14-21-23(26(20)28-25(19)22)17-9-5-4-8-16(17)18-11-7-15-27-24(18)21;1-10-4-6-13(7-5-10)14-8-11(2)12(3)9-15-14;/h4-13,15H,1-3H3;4-6,8-9H,1-3H3;/q2*-1;/i;1D3,2D3,3D3;. The summed E-state index contributed by atoms with van der Waals surface area (Å²) in [6, 6.07) is 33.0. The van der Waals surface area contributed by atoms with Crippen LogP contribution in [0.5, 0.6) is 0 Å². The molecule has 0 fully saturated rings. The molecule has 0 aliphatic carbocycles. The average molecular weight is 788 g/mol. The maximum atomic E-state index is 7.54. The molecule has 225 valence electrons. The van der Waals surface area contributed by atoms with E-state index in [0.29, 0.717) is 5.56 Å². The van der Waals surface area contributed by atoms with Crippen LogP contribution in [-0.2, 0) is 20.1 Å². The third kappa shape index (κ3) is 5.50. The predicted molar refractivity (Wildman–Crippen MR) is 189 cm³/mol. The van der Waals surface area contributed by atoms with E-state index in [0.717, 1.165) is 44.4 Å². The Morgan fingerprint density at radius 1 is 0.711 bits per heavy atom. The second-order valence-corrected chi connectivity index (χ2v) is 16.9. The molecule has 0 N–H and O–H groups in total. The first-order chi connectivity index (χ1) is 24.8. The van der Waals surface area contributed by atoms with E-state index in [-0.39, 0.29) is 42.5 Å². The van der Waals surface area contributed by atoms with Gasteiger partial charge in [-0.15, -0.1) is 52.9 Å². The van der Waals surface area contributed by atoms with Crippen molar-refractivity contribution in [3.8, 4) is 11.3 Å². The van der Waals surface area contributed by atoms with Crippen molar-refractivity contribution < 1.29 is 36.9 Å². The minimum absolute atomic E-state index is 0. The molecule has 0 amide bonds. The molecule has 0 spiro atoms. The summed E-state index contributed by atoms with van der Waals surface area (Å²) in [5.74, 6) is 0. The summed E-state index contributed by atoms with van der Waals surface area (Å²) in [5, 5.41) is 9.37. The molecule has 1 radical (unpaired) electrons. The summed E-state index contributed by atoms with van der Waals surface area (Å²) < 4.78 is 73.6. The van der Waals surface area contributed by atoms with Crippen LogP contribution in [0.25, 0.3) is 65.6 Å². The topological polar surface area (TPSA) is 38.9 Å². The Labute approximate surface area is 291 Å². The molecule has 0 aliphatic heterocycles. The number of nitrogens with zero attached hydrogens (tertiary/aromatic N) is 2. The van der Waals surface area contributed by atoms with Crippen LogP contribution in [0, 0.1) is 32.7 Å². The van der Waals surface area contributed by atoms with Gasteiger partial charge in [0.25, 0.3) is 0 Å². The van der Waals surface area contributed by atoms with Crippen LogP contribution in [0.15, 0.2) is 102 Å². The second kappa shape index (κ2) is 12.0. The van der Waals surface area contributed by atoms with Crippen molar-refractivity contribution in [1.29, 1.82) is 0 Å². The van der Waals surface area contributed by atoms with Gasteiger partial charge in [-0.05, 0) is 63.3 Å². The van der Waals surface area contributed by atoms with Crippen LogP contribution >= 0.6 is 0 Å². The summed E-state index contributed by atoms with van der Waals surface area (Å²) >= 11 is 0. The van der Waals surface area contributed by atoms with Gasteiger partial charge in [0, 0.05) is 44.8 Å². The predicted octanol–water partition coefficient (Wildman–Crippen LogP) is 10.3. The van der Waals surface area contributed by atoms with Gasteiger partial charge in [0.15, 0.2) is 0 Å². The smallest absolute Gasteiger partial charge is 0.122 e. The second-order valence-electron chi connectivity index (χ2n) is 11.9. The van der Waals surface area contributed by atoms with Gasteiger partial charge in [-0.2, -0.15) is 0 Å². The Bertz CT molecular complexity index is 2640. The van der Waals surface area contributed by atoms with E-state index in [1.807, 2.05) is 12.3 Å². The van der Waals surface area contributed by atoms with Crippen molar-refractivity contribution in [3.05, 3.63) is 126 Å². The summed E-state index contributed by atoms with van der Waals surface area (Å²) in [6.45, 7) is -0.369. The van der Waals surface area contributed by atoms with E-state index in [1.54, 1.807) is 0 Å². The van der Waals surface area contributed by atoms with Gasteiger partial charge in [0.05, 0.1) is 13.7 Å². The molecule has 0 saturated carbocycles. The first kappa shape index (κ1) is 21.6. The summed E-state index contributed by atoms with van der Waals surface area (Å²) in [6.07, 6.45) is 2.88. The molecule has 5 heteroatoms. The van der Waals surface area contributed by atoms with Crippen molar-refractivity contribution in [2.24, 2.45) is 0 Å². The monoisotopic (exact) mass is 788 g/mol. The number of hydrogen-bond acceptors (Lipinski definition) is 3. The molecule has 3 nitrogen and oxygen atoms in total. The van der Waals surface area contributed by atoms with Crippen LogP contribution in [0.4, 0.5) is 0 Å². The van der Waals surface area contributed by atoms with Crippen LogP contribution in [0.3, 0.4) is 0 Å². The molecule has 5 aromatic carbocycles. The maximum Gasteiger partial charge on any atom is 0.122 e. The van der Waals surface area contributed by atoms with Gasteiger partial charge in [-0.3, -0.25) is 0 Å². The van der Waals surface area contributed by atoms with Gasteiger partial charge >= 0.3 is 0 Å². The summed E-state index contributed by atoms with van der Waals surface area (Å²) in [7, 11) is -1.54. The fourth-order valence-electron chi connectivity index (χ4n) is 5.78. The molecule has 45 heavy (non-hydrogen) atoms. The van der Waals surface area contributed by atoms with Crippen molar-refractivity contribution in [3.63, 3.8) is 0 Å². The quantitative estimate of drug-likeness (QED) is 0.0995. The molecule has 3 aromatic heterocycles. The number of rotatable bonds is 2. The number of benzene rings is 5. The van der Waals surface area contributed by atoms with Crippen molar-refractivity contribution in [2.45, 2.75) is 40.2 Å². The summed E-state index contributed by atoms with van der Waals surface area (Å²) in [4.78, 5) is 8.71. The van der Waals surface area contributed by atoms with Crippen molar-refractivity contribution >= 4 is 67.6 Å². The average Bonchev–Trinajstić information content (AvgIpc) is 3.49. The zero-order valence-electron chi connectivity index (χ0n) is 33.9. The Balaban J connectivity index is 0.000000185. The van der Waals surface area contributed by atoms with Gasteiger partial charge in [0.1, 0.15) is 5.58 Å². The number of furan rings is 1. The Morgan fingerprint density at radius 2 is 1.51 bits per heavy atom. The van der Waals surface area contributed by atoms with Crippen molar-refractivity contribution in [1.82, 2.24) is 9.97 Å². The van der Waals surface area contributed by atoms with E-state index < -0.39 is 28.6 Å². The molecule has 3 heterocycles. The number of pyridine rings is 2. The third-order valence-electron chi connectivity index (χ3n) is 7.92. The Morgan fingerprint density at radius 3 is 2.27 bits per heavy atom. The van der Waals surface area contributed by atoms with E-state index in [4.69, 9.17) is 21.7 Å². The number of aromatic nitrogens is 2. The molecule has 0 unspecified atom stereocenters. The third-order valence-corrected chi connectivity index (χ3v) is 9.93. The minimum Gasteiger partial charge on any atom is -0.476 e. The largest absolute Gasteiger partial charge is 0.476 e. The van der Waals surface area contributed by atoms with Gasteiger partial charge in [0.2, 0.25) is 0 Å². The number of para-hydroxylation sites is 1. The van der Waals surface area contributed by atoms with E-state index in [9.17, 15) is 0 Å². The molecule has 0 bridgehead atoms. The molecule has 8 rings (SSSR count). The molecule has 0 aliphatic rings. The zero-order valence-corrected chi connectivity index (χ0v) is 28.3. The van der Waals surface area contributed by atoms with E-state index in [1.165, 1.54) is 45.6 Å². The summed E-state index contributed by atoms with van der Waals surface area (Å²) in [5.41, 5.74) is 3.02. The van der Waals surface area contributed by atoms with Crippen LogP contribution in [-0.4, -0.2) is 18.0 Å². The minimum atomic E-state index is -2.61. The van der Waals surface area contributed by atoms with Crippen LogP contribution in [0.1, 0.15) is 29.0 Å². The number of fused-ring (bicyclic) bond motifs is 10. The number of aryl methyl sites for hydroxylation is 3.